The zero-order chi connectivity index (χ0) is 52.8. The minimum atomic E-state index is -1.78. The molecule has 0 bridgehead atoms. The van der Waals surface area contributed by atoms with E-state index in [1.54, 1.807) is 58.0 Å². The number of carboxylic acids is 3. The number of amides is 7. The Morgan fingerprint density at radius 3 is 1.43 bits per heavy atom. The van der Waals surface area contributed by atoms with Crippen LogP contribution in [-0.4, -0.2) is 140 Å². The molecule has 0 saturated carbocycles. The van der Waals surface area contributed by atoms with Gasteiger partial charge in [0, 0.05) is 19.3 Å². The number of carbonyl (C=O) groups is 10. The van der Waals surface area contributed by atoms with Gasteiger partial charge in [0.05, 0.1) is 19.1 Å². The molecule has 0 fully saturated rings. The van der Waals surface area contributed by atoms with Gasteiger partial charge in [-0.1, -0.05) is 84.0 Å². The summed E-state index contributed by atoms with van der Waals surface area (Å²) >= 11 is 0. The minimum absolute atomic E-state index is 0.00769. The molecule has 0 aliphatic rings. The highest BCUT2D eigenvalue weighted by atomic mass is 16.4. The van der Waals surface area contributed by atoms with E-state index in [1.165, 1.54) is 24.3 Å². The van der Waals surface area contributed by atoms with Crippen LogP contribution in [0.2, 0.25) is 0 Å². The second-order valence-electron chi connectivity index (χ2n) is 18.1. The topological polar surface area (TPSA) is 382 Å². The van der Waals surface area contributed by atoms with Gasteiger partial charge in [-0.15, -0.1) is 0 Å². The summed E-state index contributed by atoms with van der Waals surface area (Å²) in [7, 11) is 0. The molecule has 2 aromatic rings. The molecule has 14 N–H and O–H groups in total. The Balaban J connectivity index is 2.47. The number of aliphatic hydroxyl groups is 1. The maximum atomic E-state index is 14.3. The standard InChI is InChI=1S/C47H68N8O15/c1-24(2)18-30(48)40(62)50-35(22-38(60)61)44(66)55-39(26(5)6)46(68)53-34(20-27-10-8-7-9-11-27)42(64)51-32(19-25(3)4)41(63)52-33(21-28-12-14-29(57)15-13-28)43(65)54-36(23-56)45(67)49-31(47(69)70)16-17-37(58)59/h7-15,24-26,30-36,39,56-57H,16-23,48H2,1-6H3,(H,49,67)(H,50,62)(H,51,64)(H,52,63)(H,53,68)(H,54,65)(H,55,66)(H,58,59)(H,60,61)(H,69,70)/t30-,31-,32-,33-,34-,35-,36-,39-/m1/s1. The molecule has 70 heavy (non-hydrogen) atoms. The molecule has 386 valence electrons. The SMILES string of the molecule is CC(C)C[C@@H](N)C(=O)N[C@H](CC(=O)O)C(=O)N[C@@H](C(=O)N[C@H](Cc1ccccc1)C(=O)N[C@H](CC(C)C)C(=O)N[C@H](Cc1ccc(O)cc1)C(=O)N[C@H](CO)C(=O)N[C@H](CCC(=O)O)C(=O)O)C(C)C. The highest BCUT2D eigenvalue weighted by Gasteiger charge is 2.36. The van der Waals surface area contributed by atoms with Crippen LogP contribution in [0.1, 0.15) is 84.8 Å². The number of hydrogen-bond donors (Lipinski definition) is 13. The zero-order valence-corrected chi connectivity index (χ0v) is 40.1. The number of benzene rings is 2. The number of aliphatic hydroxyl groups excluding tert-OH is 1. The number of hydrogen-bond acceptors (Lipinski definition) is 13. The number of phenols is 1. The Hall–Kier alpha value is -7.14. The average molecular weight is 985 g/mol. The number of rotatable bonds is 30. The van der Waals surface area contributed by atoms with Gasteiger partial charge in [0.1, 0.15) is 48.0 Å². The monoisotopic (exact) mass is 984 g/mol. The van der Waals surface area contributed by atoms with Crippen molar-refractivity contribution in [2.45, 2.75) is 135 Å². The molecule has 8 atom stereocenters. The smallest absolute Gasteiger partial charge is 0.326 e. The lowest BCUT2D eigenvalue weighted by atomic mass is 9.98. The van der Waals surface area contributed by atoms with E-state index in [0.29, 0.717) is 11.1 Å². The van der Waals surface area contributed by atoms with Gasteiger partial charge in [-0.25, -0.2) is 4.79 Å². The van der Waals surface area contributed by atoms with Crippen LogP contribution in [0, 0.1) is 17.8 Å². The predicted octanol–water partition coefficient (Wildman–Crippen LogP) is -0.937. The molecular weight excluding hydrogens is 917 g/mol. The lowest BCUT2D eigenvalue weighted by Crippen LogP contribution is -2.61. The van der Waals surface area contributed by atoms with E-state index in [2.05, 4.69) is 37.2 Å². The first-order valence-corrected chi connectivity index (χ1v) is 22.8. The van der Waals surface area contributed by atoms with Gasteiger partial charge in [0.25, 0.3) is 0 Å². The van der Waals surface area contributed by atoms with Gasteiger partial charge in [0.2, 0.25) is 41.4 Å². The number of carboxylic acid groups (broad SMARTS) is 3. The van der Waals surface area contributed by atoms with Crippen LogP contribution in [0.25, 0.3) is 0 Å². The summed E-state index contributed by atoms with van der Waals surface area (Å²) in [6, 6.07) is 2.13. The van der Waals surface area contributed by atoms with Crippen LogP contribution >= 0.6 is 0 Å². The van der Waals surface area contributed by atoms with Crippen molar-refractivity contribution in [2.75, 3.05) is 6.61 Å². The van der Waals surface area contributed by atoms with E-state index in [1.807, 2.05) is 13.8 Å². The lowest BCUT2D eigenvalue weighted by Gasteiger charge is -2.29. The molecule has 23 nitrogen and oxygen atoms in total. The number of nitrogens with one attached hydrogen (secondary N) is 7. The van der Waals surface area contributed by atoms with Crippen molar-refractivity contribution in [2.24, 2.45) is 23.5 Å². The number of aromatic hydroxyl groups is 1. The first kappa shape index (κ1) is 59.0. The fourth-order valence-electron chi connectivity index (χ4n) is 6.98. The minimum Gasteiger partial charge on any atom is -0.508 e. The fraction of sp³-hybridized carbons (Fsp3) is 0.532. The third-order valence-electron chi connectivity index (χ3n) is 10.7. The van der Waals surface area contributed by atoms with Gasteiger partial charge < -0.3 is 68.5 Å². The highest BCUT2D eigenvalue weighted by molar-refractivity contribution is 5.98. The molecule has 0 aliphatic heterocycles. The van der Waals surface area contributed by atoms with Crippen molar-refractivity contribution < 1.29 is 73.5 Å². The molecular formula is C47H68N8O15. The predicted molar refractivity (Wildman–Crippen MR) is 251 cm³/mol. The quantitative estimate of drug-likeness (QED) is 0.0449. The molecule has 2 rings (SSSR count). The Labute approximate surface area is 405 Å². The zero-order valence-electron chi connectivity index (χ0n) is 40.1. The molecule has 0 heterocycles. The largest absolute Gasteiger partial charge is 0.508 e. The van der Waals surface area contributed by atoms with Crippen molar-refractivity contribution in [1.82, 2.24) is 37.2 Å². The van der Waals surface area contributed by atoms with E-state index in [-0.39, 0.29) is 43.3 Å². The molecule has 0 saturated heterocycles. The molecule has 0 radical (unpaired) electrons. The van der Waals surface area contributed by atoms with Crippen molar-refractivity contribution >= 4 is 59.3 Å². The summed E-state index contributed by atoms with van der Waals surface area (Å²) in [6.07, 6.45) is -2.15. The Morgan fingerprint density at radius 1 is 0.500 bits per heavy atom. The summed E-state index contributed by atoms with van der Waals surface area (Å²) in [5, 5.41) is 65.1. The van der Waals surface area contributed by atoms with Crippen LogP contribution in [0.5, 0.6) is 5.75 Å². The van der Waals surface area contributed by atoms with E-state index in [4.69, 9.17) is 10.8 Å². The fourth-order valence-corrected chi connectivity index (χ4v) is 6.98. The Morgan fingerprint density at radius 2 is 0.943 bits per heavy atom. The second-order valence-corrected chi connectivity index (χ2v) is 18.1. The molecule has 23 heteroatoms. The first-order valence-electron chi connectivity index (χ1n) is 22.8. The van der Waals surface area contributed by atoms with E-state index in [0.717, 1.165) is 0 Å². The highest BCUT2D eigenvalue weighted by Crippen LogP contribution is 2.14. The Kier molecular flexibility index (Phi) is 24.5. The van der Waals surface area contributed by atoms with Crippen molar-refractivity contribution in [3.8, 4) is 5.75 Å². The number of nitrogens with two attached hydrogens (primary N) is 1. The van der Waals surface area contributed by atoms with Gasteiger partial charge in [-0.2, -0.15) is 0 Å². The summed E-state index contributed by atoms with van der Waals surface area (Å²) in [5.74, 6) is -12.0. The molecule has 2 aromatic carbocycles. The first-order chi connectivity index (χ1) is 32.8. The van der Waals surface area contributed by atoms with Crippen LogP contribution in [0.3, 0.4) is 0 Å². The van der Waals surface area contributed by atoms with Gasteiger partial charge in [-0.3, -0.25) is 43.2 Å². The number of aliphatic carboxylic acids is 3. The molecule has 0 spiro atoms. The van der Waals surface area contributed by atoms with Crippen LogP contribution < -0.4 is 43.0 Å². The average Bonchev–Trinajstić information content (AvgIpc) is 3.27. The third-order valence-corrected chi connectivity index (χ3v) is 10.7. The van der Waals surface area contributed by atoms with Crippen LogP contribution in [0.15, 0.2) is 54.6 Å². The summed E-state index contributed by atoms with van der Waals surface area (Å²) in [5.41, 5.74) is 6.94. The summed E-state index contributed by atoms with van der Waals surface area (Å²) in [6.45, 7) is 9.26. The van der Waals surface area contributed by atoms with Gasteiger partial charge in [0.15, 0.2) is 0 Å². The van der Waals surface area contributed by atoms with Crippen molar-refractivity contribution in [3.63, 3.8) is 0 Å². The third kappa shape index (κ3) is 21.0. The van der Waals surface area contributed by atoms with E-state index >= 15 is 0 Å². The van der Waals surface area contributed by atoms with Crippen LogP contribution in [-0.2, 0) is 60.8 Å². The summed E-state index contributed by atoms with van der Waals surface area (Å²) in [4.78, 5) is 131. The van der Waals surface area contributed by atoms with Gasteiger partial charge in [-0.05, 0) is 60.3 Å². The van der Waals surface area contributed by atoms with Crippen molar-refractivity contribution in [1.29, 1.82) is 0 Å². The van der Waals surface area contributed by atoms with E-state index in [9.17, 15) is 68.4 Å². The van der Waals surface area contributed by atoms with Crippen molar-refractivity contribution in [3.05, 3.63) is 65.7 Å². The molecule has 0 aromatic heterocycles. The maximum Gasteiger partial charge on any atom is 0.326 e. The summed E-state index contributed by atoms with van der Waals surface area (Å²) < 4.78 is 0. The molecule has 7 amide bonds. The molecule has 0 aliphatic carbocycles. The number of phenolic OH excluding ortho intramolecular Hbond substituents is 1. The van der Waals surface area contributed by atoms with E-state index < -0.39 is 139 Å². The normalized spacial score (nSPS) is 14.6. The maximum absolute atomic E-state index is 14.3. The lowest BCUT2D eigenvalue weighted by molar-refractivity contribution is -0.144. The Bertz CT molecular complexity index is 2120. The second kappa shape index (κ2) is 29.0. The number of carbonyl (C=O) groups excluding carboxylic acids is 7. The molecule has 0 unspecified atom stereocenters. The van der Waals surface area contributed by atoms with Crippen LogP contribution in [0.4, 0.5) is 0 Å². The van der Waals surface area contributed by atoms with Gasteiger partial charge >= 0.3 is 17.9 Å².